The van der Waals surface area contributed by atoms with Gasteiger partial charge in [0.05, 0.1) is 67.5 Å². The van der Waals surface area contributed by atoms with E-state index in [2.05, 4.69) is 347 Å². The molecule has 7 heterocycles. The van der Waals surface area contributed by atoms with E-state index in [1.807, 2.05) is 47.7 Å². The summed E-state index contributed by atoms with van der Waals surface area (Å²) >= 11 is 1.82. The van der Waals surface area contributed by atoms with E-state index in [-0.39, 0.29) is 0 Å². The third-order valence-electron chi connectivity index (χ3n) is 23.5. The van der Waals surface area contributed by atoms with Gasteiger partial charge in [-0.25, -0.2) is 19.8 Å². The maximum atomic E-state index is 10.2. The fourth-order valence-corrected chi connectivity index (χ4v) is 19.5. The Hall–Kier alpha value is -15.5. The van der Waals surface area contributed by atoms with Gasteiger partial charge in [-0.05, 0) is 159 Å². The molecule has 0 unspecified atom stereocenters. The van der Waals surface area contributed by atoms with Crippen molar-refractivity contribution in [3.05, 3.63) is 381 Å². The van der Waals surface area contributed by atoms with Crippen molar-refractivity contribution in [1.82, 2.24) is 28.7 Å². The molecule has 0 atom stereocenters. The van der Waals surface area contributed by atoms with Gasteiger partial charge in [0.2, 0.25) is 5.69 Å². The van der Waals surface area contributed by atoms with Crippen LogP contribution in [0, 0.1) is 6.57 Å². The van der Waals surface area contributed by atoms with E-state index in [0.717, 1.165) is 186 Å². The molecule has 24 rings (SSSR count). The predicted molar refractivity (Wildman–Crippen MR) is 480 cm³/mol. The molecule has 0 saturated heterocycles. The van der Waals surface area contributed by atoms with Crippen LogP contribution in [0.4, 0.5) is 5.69 Å². The number of nitrogens with zero attached hydrogens (tertiary/aromatic N) is 7. The van der Waals surface area contributed by atoms with E-state index in [1.165, 1.54) is 10.1 Å². The number of thiophene rings is 1. The van der Waals surface area contributed by atoms with Crippen LogP contribution in [0.15, 0.2) is 379 Å². The topological polar surface area (TPSA) is 84.1 Å². The minimum absolute atomic E-state index is 0.352. The number of hydrogen-bond donors (Lipinski definition) is 0. The lowest BCUT2D eigenvalue weighted by molar-refractivity contribution is 0.672. The van der Waals surface area contributed by atoms with Crippen LogP contribution in [-0.4, -0.2) is 28.7 Å². The highest BCUT2D eigenvalue weighted by Gasteiger charge is 2.34. The summed E-state index contributed by atoms with van der Waals surface area (Å²) in [6.07, 6.45) is 0. The van der Waals surface area contributed by atoms with Gasteiger partial charge in [-0.15, -0.1) is 11.3 Å². The van der Waals surface area contributed by atoms with Gasteiger partial charge in [-0.1, -0.05) is 267 Å². The van der Waals surface area contributed by atoms with Crippen LogP contribution in [0.5, 0.6) is 0 Å². The molecule has 538 valence electrons. The third kappa shape index (κ3) is 10.0. The number of benzene rings is 17. The van der Waals surface area contributed by atoms with E-state index in [4.69, 9.17) is 28.6 Å². The van der Waals surface area contributed by atoms with E-state index >= 15 is 0 Å². The molecule has 24 aromatic rings. The first-order chi connectivity index (χ1) is 57.5. The maximum absolute atomic E-state index is 10.2. The quantitative estimate of drug-likeness (QED) is 0.121. The first kappa shape index (κ1) is 65.2. The van der Waals surface area contributed by atoms with Crippen LogP contribution in [0.2, 0.25) is 0 Å². The SMILES string of the molecule is [C-]#[N+]c1cc(-c2nc(-c3ccccc3)nc(-c3ccccc3)n2)c(-n2c3ccc(-c4ccccc4)cc3c3c4oc5ccc(-c6ccccc6)cc5c4ccc32)c(-n2c3ccc(-c4ccccc4)cc3c3c4sc5ccccc5c4ccc32)c1-n1c2ccc(-c3ccccc3)cc2c2c3oc4ccc(-c5ccccc5)cc4c3ccc21. The minimum Gasteiger partial charge on any atom is -0.455 e. The standard InChI is InChI=1S/C106H61N7O2S/c1-107-85-62-84(106-109-104(68-35-19-7-20-36-68)108-105(110-106)69-37-21-8-22-38-69)98(111-86-49-41-70(63-25-9-2-10-26-63)59-81(86)95-89(111)52-46-76-79-57-73(66-31-15-5-16-32-66)44-55-92(79)114-101(76)95)100(113-88-51-43-72(65-29-13-4-14-30-65)61-83(88)97-91(113)54-48-78-75-39-23-24-40-94(75)116-103(78)97)99(85)112-87-50-42-71(64-27-11-3-12-28-64)60-82(87)96-90(112)53-47-77-80-58-74(67-33-17-6-18-34-67)45-56-93(80)115-102(77)96/h2-62H. The average Bonchev–Trinajstić information content (AvgIpc) is 1.52. The number of hydrogen-bond acceptors (Lipinski definition) is 6. The van der Waals surface area contributed by atoms with Crippen molar-refractivity contribution in [1.29, 1.82) is 0 Å². The van der Waals surface area contributed by atoms with Crippen molar-refractivity contribution >= 4 is 146 Å². The highest BCUT2D eigenvalue weighted by molar-refractivity contribution is 7.26. The Morgan fingerprint density at radius 3 is 1.02 bits per heavy atom. The second-order valence-electron chi connectivity index (χ2n) is 29.9. The van der Waals surface area contributed by atoms with Crippen LogP contribution in [0.3, 0.4) is 0 Å². The lowest BCUT2D eigenvalue weighted by atomic mass is 10.0. The summed E-state index contributed by atoms with van der Waals surface area (Å²) in [5.74, 6) is 1.32. The Balaban J connectivity index is 0.932. The zero-order valence-electron chi connectivity index (χ0n) is 62.1. The van der Waals surface area contributed by atoms with Crippen LogP contribution in [0.1, 0.15) is 0 Å². The summed E-state index contributed by atoms with van der Waals surface area (Å²) in [7, 11) is 0. The highest BCUT2D eigenvalue weighted by Crippen LogP contribution is 2.54. The molecule has 116 heavy (non-hydrogen) atoms. The molecule has 0 aliphatic heterocycles. The van der Waals surface area contributed by atoms with Crippen molar-refractivity contribution in [3.8, 4) is 107 Å². The molecule has 0 saturated carbocycles. The molecule has 17 aromatic carbocycles. The first-order valence-electron chi connectivity index (χ1n) is 39.0. The molecule has 0 bridgehead atoms. The van der Waals surface area contributed by atoms with E-state index < -0.39 is 0 Å². The summed E-state index contributed by atoms with van der Waals surface area (Å²) in [5, 5.41) is 12.2. The Kier molecular flexibility index (Phi) is 14.5. The van der Waals surface area contributed by atoms with Gasteiger partial charge in [0.25, 0.3) is 0 Å². The predicted octanol–water partition coefficient (Wildman–Crippen LogP) is 29.2. The monoisotopic (exact) mass is 1500 g/mol. The van der Waals surface area contributed by atoms with Crippen LogP contribution in [0.25, 0.3) is 241 Å². The zero-order valence-corrected chi connectivity index (χ0v) is 62.9. The van der Waals surface area contributed by atoms with Crippen molar-refractivity contribution < 1.29 is 8.83 Å². The Labute approximate surface area is 667 Å². The molecular formula is C106H61N7O2S. The summed E-state index contributed by atoms with van der Waals surface area (Å²) < 4.78 is 24.5. The first-order valence-corrected chi connectivity index (χ1v) is 39.8. The second-order valence-corrected chi connectivity index (χ2v) is 31.0. The van der Waals surface area contributed by atoms with Crippen molar-refractivity contribution in [2.75, 3.05) is 0 Å². The van der Waals surface area contributed by atoms with Gasteiger partial charge in [-0.3, -0.25) is 0 Å². The maximum Gasteiger partial charge on any atom is 0.213 e. The molecule has 0 radical (unpaired) electrons. The molecule has 0 aliphatic rings. The van der Waals surface area contributed by atoms with Crippen LogP contribution in [-0.2, 0) is 0 Å². The van der Waals surface area contributed by atoms with Gasteiger partial charge in [-0.2, -0.15) is 0 Å². The number of rotatable bonds is 11. The molecule has 0 amide bonds. The Morgan fingerprint density at radius 1 is 0.250 bits per heavy atom. The fraction of sp³-hybridized carbons (Fsp3) is 0. The van der Waals surface area contributed by atoms with Crippen molar-refractivity contribution in [2.45, 2.75) is 0 Å². The number of furan rings is 2. The summed E-state index contributed by atoms with van der Waals surface area (Å²) in [6.45, 7) is 10.2. The van der Waals surface area contributed by atoms with Gasteiger partial charge in [0.15, 0.2) is 17.5 Å². The Bertz CT molecular complexity index is 8180. The number of fused-ring (bicyclic) bond motifs is 21. The Morgan fingerprint density at radius 2 is 0.586 bits per heavy atom. The fourth-order valence-electron chi connectivity index (χ4n) is 18.2. The molecule has 0 spiro atoms. The van der Waals surface area contributed by atoms with Gasteiger partial charge in [0, 0.05) is 80.0 Å². The van der Waals surface area contributed by atoms with Crippen molar-refractivity contribution in [2.24, 2.45) is 0 Å². The molecule has 0 N–H and O–H groups in total. The smallest absolute Gasteiger partial charge is 0.213 e. The second kappa shape index (κ2) is 25.8. The number of aromatic nitrogens is 6. The van der Waals surface area contributed by atoms with Gasteiger partial charge >= 0.3 is 0 Å². The van der Waals surface area contributed by atoms with E-state index in [1.54, 1.807) is 0 Å². The summed E-state index contributed by atoms with van der Waals surface area (Å²) in [5.41, 5.74) is 23.7. The molecule has 7 aromatic heterocycles. The normalized spacial score (nSPS) is 12.0. The average molecular weight is 1500 g/mol. The van der Waals surface area contributed by atoms with Gasteiger partial charge in [0.1, 0.15) is 22.3 Å². The highest BCUT2D eigenvalue weighted by atomic mass is 32.1. The lowest BCUT2D eigenvalue weighted by Gasteiger charge is -2.26. The molecular weight excluding hydrogens is 1440 g/mol. The van der Waals surface area contributed by atoms with Gasteiger partial charge < -0.3 is 22.5 Å². The minimum atomic E-state index is 0.352. The van der Waals surface area contributed by atoms with Crippen molar-refractivity contribution in [3.63, 3.8) is 0 Å². The molecule has 10 heteroatoms. The van der Waals surface area contributed by atoms with Crippen LogP contribution >= 0.6 is 11.3 Å². The van der Waals surface area contributed by atoms with E-state index in [9.17, 15) is 6.57 Å². The molecule has 0 fully saturated rings. The molecule has 9 nitrogen and oxygen atoms in total. The lowest BCUT2D eigenvalue weighted by Crippen LogP contribution is -2.12. The summed E-state index contributed by atoms with van der Waals surface area (Å²) in [6, 6.07) is 132. The largest absolute Gasteiger partial charge is 0.455 e. The molecule has 0 aliphatic carbocycles. The third-order valence-corrected chi connectivity index (χ3v) is 24.7. The van der Waals surface area contributed by atoms with Crippen LogP contribution < -0.4 is 0 Å². The van der Waals surface area contributed by atoms with E-state index in [0.29, 0.717) is 45.8 Å². The zero-order chi connectivity index (χ0) is 76.2. The summed E-state index contributed by atoms with van der Waals surface area (Å²) in [4.78, 5) is 21.8.